The molecule has 0 bridgehead atoms. The third kappa shape index (κ3) is 3.83. The molecule has 0 saturated carbocycles. The predicted octanol–water partition coefficient (Wildman–Crippen LogP) is 3.20. The molecular formula is C17H18N2Se. The molecule has 0 spiro atoms. The zero-order chi connectivity index (χ0) is 14.4. The van der Waals surface area contributed by atoms with E-state index in [0.717, 1.165) is 15.9 Å². The van der Waals surface area contributed by atoms with Crippen LogP contribution >= 0.6 is 0 Å². The van der Waals surface area contributed by atoms with E-state index in [1.807, 2.05) is 61.6 Å². The first-order valence-electron chi connectivity index (χ1n) is 6.47. The van der Waals surface area contributed by atoms with Crippen LogP contribution in [0.15, 0.2) is 72.9 Å². The summed E-state index contributed by atoms with van der Waals surface area (Å²) in [5, 5.41) is 0. The van der Waals surface area contributed by atoms with Crippen molar-refractivity contribution in [1.29, 1.82) is 0 Å². The van der Waals surface area contributed by atoms with E-state index in [9.17, 15) is 0 Å². The Morgan fingerprint density at radius 2 is 1.30 bits per heavy atom. The molecule has 0 aliphatic rings. The van der Waals surface area contributed by atoms with Crippen molar-refractivity contribution in [1.82, 2.24) is 4.90 Å². The van der Waals surface area contributed by atoms with Crippen molar-refractivity contribution in [2.45, 2.75) is 0 Å². The molecule has 0 radical (unpaired) electrons. The number of rotatable bonds is 5. The summed E-state index contributed by atoms with van der Waals surface area (Å²) in [6.45, 7) is 0. The molecule has 0 unspecified atom stereocenters. The van der Waals surface area contributed by atoms with Crippen molar-refractivity contribution < 1.29 is 0 Å². The van der Waals surface area contributed by atoms with Gasteiger partial charge in [-0.05, 0) is 0 Å². The Morgan fingerprint density at radius 1 is 0.850 bits per heavy atom. The molecule has 0 amide bonds. The van der Waals surface area contributed by atoms with E-state index in [0.29, 0.717) is 0 Å². The van der Waals surface area contributed by atoms with Crippen LogP contribution in [0.5, 0.6) is 0 Å². The van der Waals surface area contributed by atoms with E-state index < -0.39 is 0 Å². The summed E-state index contributed by atoms with van der Waals surface area (Å²) in [6, 6.07) is 20.7. The summed E-state index contributed by atoms with van der Waals surface area (Å²) in [5.41, 5.74) is 2.27. The summed E-state index contributed by atoms with van der Waals surface area (Å²) >= 11 is 3.16. The molecule has 2 aromatic carbocycles. The second-order valence-corrected chi connectivity index (χ2v) is 5.50. The molecule has 2 nitrogen and oxygen atoms in total. The first-order chi connectivity index (χ1) is 9.68. The van der Waals surface area contributed by atoms with Gasteiger partial charge in [-0.2, -0.15) is 0 Å². The van der Waals surface area contributed by atoms with Crippen molar-refractivity contribution in [3.8, 4) is 0 Å². The van der Waals surface area contributed by atoms with E-state index in [1.165, 1.54) is 0 Å². The minimum atomic E-state index is 1.05. The van der Waals surface area contributed by atoms with Crippen LogP contribution in [-0.4, -0.2) is 39.1 Å². The molecule has 0 aromatic heterocycles. The second-order valence-electron chi connectivity index (χ2n) is 4.62. The van der Waals surface area contributed by atoms with Crippen molar-refractivity contribution in [2.75, 3.05) is 19.0 Å². The Morgan fingerprint density at radius 3 is 1.70 bits per heavy atom. The molecule has 0 aliphatic carbocycles. The predicted molar refractivity (Wildman–Crippen MR) is 88.6 cm³/mol. The van der Waals surface area contributed by atoms with Crippen molar-refractivity contribution in [3.63, 3.8) is 0 Å². The zero-order valence-corrected chi connectivity index (χ0v) is 13.4. The number of hydrogen-bond donors (Lipinski definition) is 0. The fourth-order valence-corrected chi connectivity index (χ4v) is 2.42. The van der Waals surface area contributed by atoms with Gasteiger partial charge < -0.3 is 0 Å². The molecule has 0 N–H and O–H groups in total. The summed E-state index contributed by atoms with van der Waals surface area (Å²) < 4.78 is 1.05. The van der Waals surface area contributed by atoms with E-state index in [-0.39, 0.29) is 0 Å². The summed E-state index contributed by atoms with van der Waals surface area (Å²) in [7, 11) is 4.03. The molecule has 0 aliphatic heterocycles. The van der Waals surface area contributed by atoms with Gasteiger partial charge in [-0.1, -0.05) is 0 Å². The van der Waals surface area contributed by atoms with Crippen LogP contribution in [0.3, 0.4) is 0 Å². The molecule has 20 heavy (non-hydrogen) atoms. The molecule has 3 heteroatoms. The summed E-state index contributed by atoms with van der Waals surface area (Å²) in [5.74, 6) is 0. The van der Waals surface area contributed by atoms with Crippen LogP contribution in [0.4, 0.5) is 11.4 Å². The molecular weight excluding hydrogens is 311 g/mol. The van der Waals surface area contributed by atoms with Gasteiger partial charge in [-0.25, -0.2) is 0 Å². The average molecular weight is 329 g/mol. The SMILES string of the molecule is CN(C)/C=C/C(=[Se])N(c1ccccc1)c1ccccc1. The molecule has 2 rings (SSSR count). The van der Waals surface area contributed by atoms with E-state index in [4.69, 9.17) is 0 Å². The number of hydrogen-bond acceptors (Lipinski definition) is 2. The Hall–Kier alpha value is -1.83. The molecule has 0 saturated heterocycles. The molecule has 102 valence electrons. The van der Waals surface area contributed by atoms with Gasteiger partial charge in [0.05, 0.1) is 0 Å². The topological polar surface area (TPSA) is 6.48 Å². The van der Waals surface area contributed by atoms with Crippen molar-refractivity contribution >= 4 is 31.5 Å². The van der Waals surface area contributed by atoms with E-state index >= 15 is 0 Å². The van der Waals surface area contributed by atoms with Gasteiger partial charge >= 0.3 is 128 Å². The first kappa shape index (κ1) is 14.6. The van der Waals surface area contributed by atoms with Crippen LogP contribution in [-0.2, 0) is 0 Å². The van der Waals surface area contributed by atoms with E-state index in [1.54, 1.807) is 0 Å². The average Bonchev–Trinajstić information content (AvgIpc) is 2.48. The first-order valence-corrected chi connectivity index (χ1v) is 7.33. The van der Waals surface area contributed by atoms with Gasteiger partial charge in [-0.3, -0.25) is 0 Å². The fourth-order valence-electron chi connectivity index (χ4n) is 1.85. The number of benzene rings is 2. The monoisotopic (exact) mass is 330 g/mol. The number of para-hydroxylation sites is 2. The van der Waals surface area contributed by atoms with E-state index in [2.05, 4.69) is 50.8 Å². The van der Waals surface area contributed by atoms with Crippen LogP contribution in [0.2, 0.25) is 0 Å². The summed E-state index contributed by atoms with van der Waals surface area (Å²) in [6.07, 6.45) is 4.10. The van der Waals surface area contributed by atoms with Gasteiger partial charge in [0.2, 0.25) is 0 Å². The van der Waals surface area contributed by atoms with Crippen LogP contribution < -0.4 is 4.90 Å². The third-order valence-electron chi connectivity index (χ3n) is 2.76. The second kappa shape index (κ2) is 7.09. The Labute approximate surface area is 128 Å². The third-order valence-corrected chi connectivity index (χ3v) is 3.43. The quantitative estimate of drug-likeness (QED) is 0.778. The Balaban J connectivity index is 2.38. The molecule has 2 aromatic rings. The van der Waals surface area contributed by atoms with Crippen LogP contribution in [0.25, 0.3) is 0 Å². The fraction of sp³-hybridized carbons (Fsp3) is 0.118. The van der Waals surface area contributed by atoms with Crippen molar-refractivity contribution in [2.24, 2.45) is 0 Å². The Bertz CT molecular complexity index is 537. The molecule has 0 heterocycles. The minimum absolute atomic E-state index is 1.05. The molecule has 0 fully saturated rings. The van der Waals surface area contributed by atoms with Gasteiger partial charge in [-0.15, -0.1) is 0 Å². The van der Waals surface area contributed by atoms with Gasteiger partial charge in [0.1, 0.15) is 0 Å². The number of nitrogens with zero attached hydrogens (tertiary/aromatic N) is 2. The Kier molecular flexibility index (Phi) is 5.16. The van der Waals surface area contributed by atoms with Gasteiger partial charge in [0.15, 0.2) is 0 Å². The van der Waals surface area contributed by atoms with Crippen molar-refractivity contribution in [3.05, 3.63) is 72.9 Å². The summed E-state index contributed by atoms with van der Waals surface area (Å²) in [4.78, 5) is 4.21. The van der Waals surface area contributed by atoms with Gasteiger partial charge in [0.25, 0.3) is 0 Å². The zero-order valence-electron chi connectivity index (χ0n) is 11.7. The van der Waals surface area contributed by atoms with Crippen LogP contribution in [0.1, 0.15) is 0 Å². The normalized spacial score (nSPS) is 10.5. The standard InChI is InChI=1S/C17H18N2Se/c1-18(2)14-13-17(20)19(15-9-5-3-6-10-15)16-11-7-4-8-12-16/h3-14H,1-2H3/b14-13+. The number of anilines is 2. The maximum absolute atomic E-state index is 3.16. The molecule has 0 atom stereocenters. The van der Waals surface area contributed by atoms with Gasteiger partial charge in [0, 0.05) is 0 Å². The van der Waals surface area contributed by atoms with Crippen LogP contribution in [0, 0.1) is 0 Å². The maximum atomic E-state index is 3.16.